The Labute approximate surface area is 169 Å². The largest absolute Gasteiger partial charge is 0.495 e. The third-order valence-corrected chi connectivity index (χ3v) is 6.37. The Bertz CT molecular complexity index is 975. The number of aromatic nitrogens is 2. The van der Waals surface area contributed by atoms with Gasteiger partial charge in [-0.2, -0.15) is 0 Å². The second kappa shape index (κ2) is 8.32. The molecule has 28 heavy (non-hydrogen) atoms. The zero-order chi connectivity index (χ0) is 20.3. The van der Waals surface area contributed by atoms with Crippen LogP contribution in [-0.4, -0.2) is 68.2 Å². The Hall–Kier alpha value is -2.39. The molecule has 1 aromatic carbocycles. The van der Waals surface area contributed by atoms with Crippen LogP contribution in [0.2, 0.25) is 5.02 Å². The Kier molecular flexibility index (Phi) is 6.04. The van der Waals surface area contributed by atoms with E-state index in [1.54, 1.807) is 12.0 Å². The quantitative estimate of drug-likeness (QED) is 0.676. The van der Waals surface area contributed by atoms with Crippen molar-refractivity contribution in [1.82, 2.24) is 14.9 Å². The maximum Gasteiger partial charge on any atom is 0.274 e. The van der Waals surface area contributed by atoms with E-state index in [1.165, 1.54) is 6.92 Å². The first-order valence-electron chi connectivity index (χ1n) is 8.80. The van der Waals surface area contributed by atoms with Crippen molar-refractivity contribution in [3.05, 3.63) is 41.2 Å². The van der Waals surface area contributed by atoms with Crippen LogP contribution in [0.3, 0.4) is 0 Å². The second-order valence-electron chi connectivity index (χ2n) is 6.20. The van der Waals surface area contributed by atoms with Crippen molar-refractivity contribution in [2.75, 3.05) is 43.9 Å². The zero-order valence-electron chi connectivity index (χ0n) is 15.6. The van der Waals surface area contributed by atoms with E-state index in [2.05, 4.69) is 14.9 Å². The highest BCUT2D eigenvalue weighted by Crippen LogP contribution is 2.28. The number of ether oxygens (including phenoxy) is 1. The number of methoxy groups -OCH3 is 1. The predicted molar refractivity (Wildman–Crippen MR) is 106 cm³/mol. The molecule has 0 unspecified atom stereocenters. The molecule has 1 aliphatic rings. The van der Waals surface area contributed by atoms with E-state index in [0.717, 1.165) is 17.6 Å². The Balaban J connectivity index is 1.76. The number of carbonyl (C=O) groups excluding carboxylic acids is 1. The maximum absolute atomic E-state index is 12.9. The molecule has 8 nitrogen and oxygen atoms in total. The van der Waals surface area contributed by atoms with E-state index >= 15 is 0 Å². The van der Waals surface area contributed by atoms with E-state index in [1.807, 2.05) is 24.3 Å². The number of para-hydroxylation sites is 2. The molecule has 1 fully saturated rings. The highest BCUT2D eigenvalue weighted by molar-refractivity contribution is 7.91. The summed E-state index contributed by atoms with van der Waals surface area (Å²) < 4.78 is 29.4. The molecule has 1 saturated heterocycles. The number of nitrogens with zero attached hydrogens (tertiary/aromatic N) is 4. The SMILES string of the molecule is CCS(=O)(=O)c1ncc(Cl)c(C(=O)N2CCN(c3ccccc3OC)CC2)n1. The van der Waals surface area contributed by atoms with Gasteiger partial charge in [-0.3, -0.25) is 4.79 Å². The molecule has 0 atom stereocenters. The number of benzene rings is 1. The summed E-state index contributed by atoms with van der Waals surface area (Å²) >= 11 is 6.07. The minimum absolute atomic E-state index is 0.0345. The molecule has 2 heterocycles. The van der Waals surface area contributed by atoms with Gasteiger partial charge >= 0.3 is 0 Å². The van der Waals surface area contributed by atoms with Gasteiger partial charge in [-0.15, -0.1) is 0 Å². The predicted octanol–water partition coefficient (Wildman–Crippen LogP) is 1.89. The lowest BCUT2D eigenvalue weighted by atomic mass is 10.2. The number of carbonyl (C=O) groups is 1. The molecular weight excluding hydrogens is 404 g/mol. The molecule has 10 heteroatoms. The van der Waals surface area contributed by atoms with Gasteiger partial charge in [0.15, 0.2) is 5.69 Å². The summed E-state index contributed by atoms with van der Waals surface area (Å²) in [5.74, 6) is 0.218. The summed E-state index contributed by atoms with van der Waals surface area (Å²) in [4.78, 5) is 24.3. The van der Waals surface area contributed by atoms with E-state index in [-0.39, 0.29) is 21.6 Å². The molecule has 3 rings (SSSR count). The Morgan fingerprint density at radius 3 is 2.54 bits per heavy atom. The normalized spacial score (nSPS) is 14.8. The van der Waals surface area contributed by atoms with Gasteiger partial charge in [-0.05, 0) is 12.1 Å². The first-order chi connectivity index (χ1) is 13.4. The maximum atomic E-state index is 12.9. The van der Waals surface area contributed by atoms with Crippen molar-refractivity contribution in [1.29, 1.82) is 0 Å². The highest BCUT2D eigenvalue weighted by Gasteiger charge is 2.27. The molecule has 150 valence electrons. The molecule has 0 bridgehead atoms. The van der Waals surface area contributed by atoms with Gasteiger partial charge in [0.05, 0.1) is 29.8 Å². The van der Waals surface area contributed by atoms with Gasteiger partial charge in [0.25, 0.3) is 5.91 Å². The van der Waals surface area contributed by atoms with Crippen LogP contribution in [0.5, 0.6) is 5.75 Å². The molecule has 0 N–H and O–H groups in total. The van der Waals surface area contributed by atoms with Gasteiger partial charge in [0, 0.05) is 26.2 Å². The monoisotopic (exact) mass is 424 g/mol. The summed E-state index contributed by atoms with van der Waals surface area (Å²) in [5, 5.41) is -0.345. The van der Waals surface area contributed by atoms with Crippen molar-refractivity contribution in [2.45, 2.75) is 12.1 Å². The number of piperazine rings is 1. The minimum Gasteiger partial charge on any atom is -0.495 e. The molecule has 0 saturated carbocycles. The molecular formula is C18H21ClN4O4S. The number of amides is 1. The fourth-order valence-corrected chi connectivity index (χ4v) is 3.84. The second-order valence-corrected chi connectivity index (χ2v) is 8.78. The van der Waals surface area contributed by atoms with Crippen LogP contribution in [0.4, 0.5) is 5.69 Å². The lowest BCUT2D eigenvalue weighted by Gasteiger charge is -2.36. The third-order valence-electron chi connectivity index (χ3n) is 4.58. The van der Waals surface area contributed by atoms with Gasteiger partial charge in [-0.1, -0.05) is 30.7 Å². The number of rotatable bonds is 5. The third kappa shape index (κ3) is 4.05. The summed E-state index contributed by atoms with van der Waals surface area (Å²) in [6.45, 7) is 3.61. The number of anilines is 1. The van der Waals surface area contributed by atoms with Crippen LogP contribution < -0.4 is 9.64 Å². The summed E-state index contributed by atoms with van der Waals surface area (Å²) in [6.07, 6.45) is 1.16. The topological polar surface area (TPSA) is 92.7 Å². The number of hydrogen-bond donors (Lipinski definition) is 0. The number of sulfone groups is 1. The number of hydrogen-bond acceptors (Lipinski definition) is 7. The van der Waals surface area contributed by atoms with Crippen molar-refractivity contribution in [3.63, 3.8) is 0 Å². The molecule has 1 amide bonds. The average molecular weight is 425 g/mol. The van der Waals surface area contributed by atoms with E-state index < -0.39 is 15.7 Å². The van der Waals surface area contributed by atoms with Crippen LogP contribution in [0, 0.1) is 0 Å². The Morgan fingerprint density at radius 1 is 1.21 bits per heavy atom. The Morgan fingerprint density at radius 2 is 1.89 bits per heavy atom. The average Bonchev–Trinajstić information content (AvgIpc) is 2.73. The van der Waals surface area contributed by atoms with Crippen molar-refractivity contribution in [3.8, 4) is 5.75 Å². The lowest BCUT2D eigenvalue weighted by molar-refractivity contribution is 0.0740. The first-order valence-corrected chi connectivity index (χ1v) is 10.8. The summed E-state index contributed by atoms with van der Waals surface area (Å²) in [6, 6.07) is 7.70. The molecule has 1 aliphatic heterocycles. The smallest absolute Gasteiger partial charge is 0.274 e. The highest BCUT2D eigenvalue weighted by atomic mass is 35.5. The van der Waals surface area contributed by atoms with Crippen LogP contribution in [0.15, 0.2) is 35.6 Å². The zero-order valence-corrected chi connectivity index (χ0v) is 17.2. The van der Waals surface area contributed by atoms with E-state index in [9.17, 15) is 13.2 Å². The molecule has 0 aliphatic carbocycles. The van der Waals surface area contributed by atoms with Gasteiger partial charge in [0.1, 0.15) is 5.75 Å². The minimum atomic E-state index is -3.63. The fraction of sp³-hybridized carbons (Fsp3) is 0.389. The van der Waals surface area contributed by atoms with Gasteiger partial charge in [-0.25, -0.2) is 18.4 Å². The molecule has 0 spiro atoms. The fourth-order valence-electron chi connectivity index (χ4n) is 2.97. The number of halogens is 1. The van der Waals surface area contributed by atoms with Gasteiger partial charge in [0.2, 0.25) is 15.0 Å². The summed E-state index contributed by atoms with van der Waals surface area (Å²) in [5.41, 5.74) is 0.878. The van der Waals surface area contributed by atoms with Crippen LogP contribution in [0.1, 0.15) is 17.4 Å². The molecule has 1 aromatic heterocycles. The van der Waals surface area contributed by atoms with Crippen molar-refractivity contribution >= 4 is 33.0 Å². The van der Waals surface area contributed by atoms with Gasteiger partial charge < -0.3 is 14.5 Å². The van der Waals surface area contributed by atoms with Crippen LogP contribution >= 0.6 is 11.6 Å². The molecule has 2 aromatic rings. The van der Waals surface area contributed by atoms with E-state index in [4.69, 9.17) is 16.3 Å². The first kappa shape index (κ1) is 20.3. The standard InChI is InChI=1S/C18H21ClN4O4S/c1-3-28(25,26)18-20-12-13(19)16(21-18)17(24)23-10-8-22(9-11-23)14-6-4-5-7-15(14)27-2/h4-7,12H,3,8-11H2,1-2H3. The van der Waals surface area contributed by atoms with E-state index in [0.29, 0.717) is 26.2 Å². The van der Waals surface area contributed by atoms with Crippen LogP contribution in [-0.2, 0) is 9.84 Å². The van der Waals surface area contributed by atoms with Crippen molar-refractivity contribution < 1.29 is 17.9 Å². The van der Waals surface area contributed by atoms with Crippen LogP contribution in [0.25, 0.3) is 0 Å². The summed E-state index contributed by atoms with van der Waals surface area (Å²) in [7, 11) is -2.01. The molecule has 0 radical (unpaired) electrons. The van der Waals surface area contributed by atoms with Crippen molar-refractivity contribution in [2.24, 2.45) is 0 Å². The lowest BCUT2D eigenvalue weighted by Crippen LogP contribution is -2.49.